The Kier molecular flexibility index (Phi) is 5.65. The molecule has 0 unspecified atom stereocenters. The third-order valence-corrected chi connectivity index (χ3v) is 5.10. The lowest BCUT2D eigenvalue weighted by molar-refractivity contribution is -0.146. The van der Waals surface area contributed by atoms with E-state index in [1.807, 2.05) is 45.0 Å². The molecule has 0 aliphatic rings. The van der Waals surface area contributed by atoms with E-state index in [0.29, 0.717) is 5.69 Å². The van der Waals surface area contributed by atoms with Gasteiger partial charge in [0, 0.05) is 15.4 Å². The predicted octanol–water partition coefficient (Wildman–Crippen LogP) is 4.84. The molecule has 3 rings (SSSR count). The maximum absolute atomic E-state index is 12.1. The van der Waals surface area contributed by atoms with Gasteiger partial charge in [0.05, 0.1) is 18.4 Å². The fraction of sp³-hybridized carbons (Fsp3) is 0.238. The predicted molar refractivity (Wildman–Crippen MR) is 108 cm³/mol. The lowest BCUT2D eigenvalue weighted by atomic mass is 10.0. The number of benzene rings is 2. The molecule has 0 bridgehead atoms. The maximum Gasteiger partial charge on any atom is 0.310 e. The first-order chi connectivity index (χ1) is 12.8. The van der Waals surface area contributed by atoms with Gasteiger partial charge in [-0.05, 0) is 65.5 Å². The number of aryl methyl sites for hydroxylation is 3. The van der Waals surface area contributed by atoms with E-state index in [-0.39, 0.29) is 13.0 Å². The second kappa shape index (κ2) is 7.96. The van der Waals surface area contributed by atoms with Crippen LogP contribution in [0, 0.1) is 20.8 Å². The number of ether oxygens (including phenoxy) is 1. The number of rotatable bonds is 5. The van der Waals surface area contributed by atoms with Crippen LogP contribution in [-0.4, -0.2) is 18.5 Å². The lowest BCUT2D eigenvalue weighted by Crippen LogP contribution is -2.21. The average Bonchev–Trinajstić information content (AvgIpc) is 3.02. The number of furan rings is 1. The Morgan fingerprint density at radius 1 is 1.15 bits per heavy atom. The fourth-order valence-corrected chi connectivity index (χ4v) is 3.38. The molecule has 0 atom stereocenters. The molecule has 5 nitrogen and oxygen atoms in total. The number of fused-ring (bicyclic) bond motifs is 1. The Bertz CT molecular complexity index is 1020. The normalized spacial score (nSPS) is 10.8. The zero-order valence-corrected chi connectivity index (χ0v) is 17.0. The minimum absolute atomic E-state index is 0.0526. The first-order valence-electron chi connectivity index (χ1n) is 8.53. The smallest absolute Gasteiger partial charge is 0.310 e. The van der Waals surface area contributed by atoms with Gasteiger partial charge in [0.15, 0.2) is 6.61 Å². The number of carbonyl (C=O) groups excluding carboxylic acids is 2. The molecule has 1 N–H and O–H groups in total. The highest BCUT2D eigenvalue weighted by Crippen LogP contribution is 2.27. The summed E-state index contributed by atoms with van der Waals surface area (Å²) in [4.78, 5) is 24.1. The van der Waals surface area contributed by atoms with Crippen LogP contribution < -0.4 is 5.32 Å². The van der Waals surface area contributed by atoms with E-state index in [4.69, 9.17) is 9.15 Å². The molecule has 0 saturated heterocycles. The quantitative estimate of drug-likeness (QED) is 0.588. The van der Waals surface area contributed by atoms with E-state index in [0.717, 1.165) is 37.7 Å². The van der Waals surface area contributed by atoms with Crippen molar-refractivity contribution < 1.29 is 18.7 Å². The molecule has 0 aliphatic carbocycles. The van der Waals surface area contributed by atoms with E-state index in [1.165, 1.54) is 0 Å². The van der Waals surface area contributed by atoms with Crippen LogP contribution in [-0.2, 0) is 20.7 Å². The minimum Gasteiger partial charge on any atom is -0.464 e. The highest BCUT2D eigenvalue weighted by molar-refractivity contribution is 9.10. The summed E-state index contributed by atoms with van der Waals surface area (Å²) >= 11 is 3.40. The van der Waals surface area contributed by atoms with Gasteiger partial charge in [0.1, 0.15) is 5.58 Å². The van der Waals surface area contributed by atoms with Crippen molar-refractivity contribution in [3.8, 4) is 0 Å². The van der Waals surface area contributed by atoms with Crippen LogP contribution in [0.5, 0.6) is 0 Å². The molecule has 6 heteroatoms. The van der Waals surface area contributed by atoms with Crippen molar-refractivity contribution in [2.45, 2.75) is 27.2 Å². The zero-order chi connectivity index (χ0) is 19.6. The van der Waals surface area contributed by atoms with Crippen molar-refractivity contribution in [2.75, 3.05) is 11.9 Å². The Hall–Kier alpha value is -2.60. The molecule has 0 saturated carbocycles. The first kappa shape index (κ1) is 19.2. The summed E-state index contributed by atoms with van der Waals surface area (Å²) in [7, 11) is 0. The highest BCUT2D eigenvalue weighted by atomic mass is 79.9. The maximum atomic E-state index is 12.1. The Morgan fingerprint density at radius 2 is 1.93 bits per heavy atom. The van der Waals surface area contributed by atoms with Crippen LogP contribution in [0.1, 0.15) is 22.3 Å². The molecular formula is C21H20BrNO4. The van der Waals surface area contributed by atoms with Crippen molar-refractivity contribution in [1.29, 1.82) is 0 Å². The minimum atomic E-state index is -0.478. The number of anilines is 1. The van der Waals surface area contributed by atoms with Crippen LogP contribution in [0.15, 0.2) is 45.5 Å². The summed E-state index contributed by atoms with van der Waals surface area (Å²) < 4.78 is 11.5. The number of nitrogens with one attached hydrogen (secondary N) is 1. The largest absolute Gasteiger partial charge is 0.464 e. The lowest BCUT2D eigenvalue weighted by Gasteiger charge is -2.08. The molecule has 1 heterocycles. The van der Waals surface area contributed by atoms with Crippen molar-refractivity contribution >= 4 is 44.5 Å². The second-order valence-electron chi connectivity index (χ2n) is 6.51. The van der Waals surface area contributed by atoms with Crippen molar-refractivity contribution in [3.05, 3.63) is 63.3 Å². The summed E-state index contributed by atoms with van der Waals surface area (Å²) in [5, 5.41) is 3.61. The highest BCUT2D eigenvalue weighted by Gasteiger charge is 2.15. The molecule has 1 amide bonds. The number of hydrogen-bond acceptors (Lipinski definition) is 4. The molecular weight excluding hydrogens is 410 g/mol. The number of esters is 1. The van der Waals surface area contributed by atoms with Crippen LogP contribution in [0.25, 0.3) is 11.0 Å². The van der Waals surface area contributed by atoms with Crippen molar-refractivity contribution in [2.24, 2.45) is 0 Å². The average molecular weight is 430 g/mol. The SMILES string of the molecule is Cc1ccc(NC(=O)COC(=O)Cc2coc3c(C)c(C)ccc23)c(Br)c1. The van der Waals surface area contributed by atoms with Gasteiger partial charge < -0.3 is 14.5 Å². The Balaban J connectivity index is 1.58. The van der Waals surface area contributed by atoms with Crippen LogP contribution in [0.3, 0.4) is 0 Å². The standard InChI is InChI=1S/C21H20BrNO4/c1-12-4-7-18(17(22)8-12)23-19(24)11-26-20(25)9-15-10-27-21-14(3)13(2)5-6-16(15)21/h4-8,10H,9,11H2,1-3H3,(H,23,24). The van der Waals surface area contributed by atoms with Gasteiger partial charge in [-0.1, -0.05) is 18.2 Å². The van der Waals surface area contributed by atoms with Gasteiger partial charge in [-0.15, -0.1) is 0 Å². The van der Waals surface area contributed by atoms with Crippen LogP contribution in [0.2, 0.25) is 0 Å². The molecule has 2 aromatic carbocycles. The summed E-state index contributed by atoms with van der Waals surface area (Å²) in [5.41, 5.74) is 5.41. The second-order valence-corrected chi connectivity index (χ2v) is 7.37. The number of halogens is 1. The van der Waals surface area contributed by atoms with Gasteiger partial charge in [-0.25, -0.2) is 0 Å². The third kappa shape index (κ3) is 4.39. The van der Waals surface area contributed by atoms with E-state index in [2.05, 4.69) is 21.2 Å². The molecule has 1 aromatic heterocycles. The zero-order valence-electron chi connectivity index (χ0n) is 15.4. The summed E-state index contributed by atoms with van der Waals surface area (Å²) in [5.74, 6) is -0.870. The summed E-state index contributed by atoms with van der Waals surface area (Å²) in [6, 6.07) is 9.51. The molecule has 0 aliphatic heterocycles. The molecule has 3 aromatic rings. The fourth-order valence-electron chi connectivity index (χ4n) is 2.79. The molecule has 27 heavy (non-hydrogen) atoms. The van der Waals surface area contributed by atoms with Crippen LogP contribution in [0.4, 0.5) is 5.69 Å². The number of amides is 1. The Morgan fingerprint density at radius 3 is 2.67 bits per heavy atom. The van der Waals surface area contributed by atoms with Crippen molar-refractivity contribution in [1.82, 2.24) is 0 Å². The molecule has 0 radical (unpaired) electrons. The summed E-state index contributed by atoms with van der Waals surface area (Å²) in [6.45, 7) is 5.61. The van der Waals surface area contributed by atoms with Crippen molar-refractivity contribution in [3.63, 3.8) is 0 Å². The number of hydrogen-bond donors (Lipinski definition) is 1. The van der Waals surface area contributed by atoms with E-state index in [1.54, 1.807) is 12.3 Å². The monoisotopic (exact) mass is 429 g/mol. The van der Waals surface area contributed by atoms with Gasteiger partial charge in [0.25, 0.3) is 5.91 Å². The topological polar surface area (TPSA) is 68.5 Å². The van der Waals surface area contributed by atoms with E-state index in [9.17, 15) is 9.59 Å². The Labute approximate surface area is 165 Å². The van der Waals surface area contributed by atoms with Gasteiger partial charge in [-0.3, -0.25) is 9.59 Å². The van der Waals surface area contributed by atoms with Gasteiger partial charge >= 0.3 is 5.97 Å². The van der Waals surface area contributed by atoms with E-state index >= 15 is 0 Å². The van der Waals surface area contributed by atoms with Gasteiger partial charge in [-0.2, -0.15) is 0 Å². The van der Waals surface area contributed by atoms with Gasteiger partial charge in [0.2, 0.25) is 0 Å². The first-order valence-corrected chi connectivity index (χ1v) is 9.32. The third-order valence-electron chi connectivity index (χ3n) is 4.44. The molecule has 0 fully saturated rings. The number of carbonyl (C=O) groups is 2. The van der Waals surface area contributed by atoms with Crippen LogP contribution >= 0.6 is 15.9 Å². The van der Waals surface area contributed by atoms with E-state index < -0.39 is 11.9 Å². The molecule has 0 spiro atoms. The molecule has 140 valence electrons. The summed E-state index contributed by atoms with van der Waals surface area (Å²) in [6.07, 6.45) is 1.62.